The highest BCUT2D eigenvalue weighted by Crippen LogP contribution is 2.14. The second-order valence-corrected chi connectivity index (χ2v) is 8.69. The van der Waals surface area contributed by atoms with E-state index < -0.39 is 18.7 Å². The summed E-state index contributed by atoms with van der Waals surface area (Å²) in [4.78, 5) is 20.5. The van der Waals surface area contributed by atoms with Crippen molar-refractivity contribution in [3.05, 3.63) is 0 Å². The van der Waals surface area contributed by atoms with Crippen LogP contribution in [0.5, 0.6) is 0 Å². The van der Waals surface area contributed by atoms with Crippen molar-refractivity contribution in [1.29, 1.82) is 0 Å². The first-order valence-electron chi connectivity index (χ1n) is 12.8. The van der Waals surface area contributed by atoms with Crippen LogP contribution in [0.4, 0.5) is 0 Å². The van der Waals surface area contributed by atoms with E-state index in [0.29, 0.717) is 6.42 Å². The number of aliphatic hydroxyl groups excluding tert-OH is 2. The standard InChI is InChI=1S/C25H50O5/c1-2-3-4-5-6-7-8-9-10-11-12-13-14-15-16-17-18-19-20-21-25(28)30-29-23-24(27)22-26/h24,26-27H,2-23H2,1H3. The molecule has 0 spiro atoms. The SMILES string of the molecule is CCCCCCCCCCCCCCCCCCCCCC(=O)OOCC(O)CO. The summed E-state index contributed by atoms with van der Waals surface area (Å²) < 4.78 is 0. The highest BCUT2D eigenvalue weighted by atomic mass is 17.2. The smallest absolute Gasteiger partial charge is 0.342 e. The molecule has 0 aliphatic carbocycles. The minimum Gasteiger partial charge on any atom is -0.394 e. The van der Waals surface area contributed by atoms with Crippen molar-refractivity contribution in [2.24, 2.45) is 0 Å². The van der Waals surface area contributed by atoms with Gasteiger partial charge in [-0.25, -0.2) is 4.79 Å². The highest BCUT2D eigenvalue weighted by Gasteiger charge is 2.07. The molecule has 2 N–H and O–H groups in total. The summed E-state index contributed by atoms with van der Waals surface area (Å²) in [5.74, 6) is -0.410. The number of hydrogen-bond donors (Lipinski definition) is 2. The molecule has 0 saturated carbocycles. The molecule has 0 aromatic carbocycles. The summed E-state index contributed by atoms with van der Waals surface area (Å²) >= 11 is 0. The van der Waals surface area contributed by atoms with Gasteiger partial charge in [-0.2, -0.15) is 4.89 Å². The Labute approximate surface area is 185 Å². The van der Waals surface area contributed by atoms with Crippen molar-refractivity contribution >= 4 is 5.97 Å². The molecular weight excluding hydrogens is 380 g/mol. The number of rotatable bonds is 24. The number of aliphatic hydroxyl groups is 2. The molecule has 0 aliphatic rings. The van der Waals surface area contributed by atoms with Crippen LogP contribution in [0.1, 0.15) is 135 Å². The number of unbranched alkanes of at least 4 members (excludes halogenated alkanes) is 18. The third-order valence-corrected chi connectivity index (χ3v) is 5.61. The molecule has 0 aromatic heterocycles. The summed E-state index contributed by atoms with van der Waals surface area (Å²) in [6.45, 7) is 1.68. The van der Waals surface area contributed by atoms with Gasteiger partial charge in [-0.3, -0.25) is 4.89 Å². The lowest BCUT2D eigenvalue weighted by atomic mass is 10.0. The van der Waals surface area contributed by atoms with Crippen molar-refractivity contribution in [2.45, 2.75) is 141 Å². The van der Waals surface area contributed by atoms with E-state index in [-0.39, 0.29) is 6.61 Å². The molecule has 0 rings (SSSR count). The van der Waals surface area contributed by atoms with E-state index in [0.717, 1.165) is 19.3 Å². The van der Waals surface area contributed by atoms with Gasteiger partial charge in [0.25, 0.3) is 0 Å². The molecule has 0 radical (unpaired) electrons. The fraction of sp³-hybridized carbons (Fsp3) is 0.960. The molecule has 30 heavy (non-hydrogen) atoms. The number of hydrogen-bond acceptors (Lipinski definition) is 5. The van der Waals surface area contributed by atoms with Crippen LogP contribution < -0.4 is 0 Å². The fourth-order valence-corrected chi connectivity index (χ4v) is 3.62. The van der Waals surface area contributed by atoms with Gasteiger partial charge in [0.15, 0.2) is 0 Å². The van der Waals surface area contributed by atoms with E-state index in [2.05, 4.69) is 16.7 Å². The molecule has 5 nitrogen and oxygen atoms in total. The number of carbonyl (C=O) groups is 1. The van der Waals surface area contributed by atoms with Gasteiger partial charge in [0.2, 0.25) is 0 Å². The van der Waals surface area contributed by atoms with Crippen LogP contribution in [0.15, 0.2) is 0 Å². The van der Waals surface area contributed by atoms with E-state index in [4.69, 9.17) is 10.2 Å². The third-order valence-electron chi connectivity index (χ3n) is 5.61. The largest absolute Gasteiger partial charge is 0.394 e. The van der Waals surface area contributed by atoms with Gasteiger partial charge in [-0.1, -0.05) is 122 Å². The predicted molar refractivity (Wildman–Crippen MR) is 123 cm³/mol. The van der Waals surface area contributed by atoms with Crippen molar-refractivity contribution in [2.75, 3.05) is 13.2 Å². The summed E-state index contributed by atoms with van der Waals surface area (Å²) in [6.07, 6.45) is 24.6. The van der Waals surface area contributed by atoms with Crippen LogP contribution in [-0.4, -0.2) is 35.5 Å². The van der Waals surface area contributed by atoms with Gasteiger partial charge < -0.3 is 10.2 Å². The van der Waals surface area contributed by atoms with Gasteiger partial charge >= 0.3 is 5.97 Å². The maximum atomic E-state index is 11.4. The van der Waals surface area contributed by atoms with E-state index in [9.17, 15) is 4.79 Å². The Morgan fingerprint density at radius 2 is 1.03 bits per heavy atom. The Bertz CT molecular complexity index is 348. The molecule has 1 atom stereocenters. The lowest BCUT2D eigenvalue weighted by Gasteiger charge is -2.07. The molecule has 0 aromatic rings. The summed E-state index contributed by atoms with van der Waals surface area (Å²) in [5, 5.41) is 17.7. The first kappa shape index (κ1) is 29.4. The molecule has 0 saturated heterocycles. The van der Waals surface area contributed by atoms with Crippen molar-refractivity contribution in [3.8, 4) is 0 Å². The fourth-order valence-electron chi connectivity index (χ4n) is 3.62. The predicted octanol–water partition coefficient (Wildman–Crippen LogP) is 6.64. The second kappa shape index (κ2) is 24.6. The molecule has 1 unspecified atom stereocenters. The van der Waals surface area contributed by atoms with Gasteiger partial charge in [0.1, 0.15) is 12.7 Å². The second-order valence-electron chi connectivity index (χ2n) is 8.69. The first-order valence-corrected chi connectivity index (χ1v) is 12.8. The van der Waals surface area contributed by atoms with Gasteiger partial charge in [-0.05, 0) is 6.42 Å². The van der Waals surface area contributed by atoms with E-state index in [1.165, 1.54) is 103 Å². The van der Waals surface area contributed by atoms with Crippen molar-refractivity contribution in [3.63, 3.8) is 0 Å². The molecule has 0 aliphatic heterocycles. The molecule has 0 bridgehead atoms. The van der Waals surface area contributed by atoms with Crippen LogP contribution in [-0.2, 0) is 14.6 Å². The van der Waals surface area contributed by atoms with Crippen molar-refractivity contribution in [1.82, 2.24) is 0 Å². The lowest BCUT2D eigenvalue weighted by Crippen LogP contribution is -2.20. The maximum Gasteiger partial charge on any atom is 0.342 e. The monoisotopic (exact) mass is 430 g/mol. The van der Waals surface area contributed by atoms with Gasteiger partial charge in [0.05, 0.1) is 6.61 Å². The minimum atomic E-state index is -1.01. The molecule has 0 fully saturated rings. The summed E-state index contributed by atoms with van der Waals surface area (Å²) in [7, 11) is 0. The average Bonchev–Trinajstić information content (AvgIpc) is 2.75. The lowest BCUT2D eigenvalue weighted by molar-refractivity contribution is -0.282. The Balaban J connectivity index is 3.12. The van der Waals surface area contributed by atoms with Crippen LogP contribution in [0.25, 0.3) is 0 Å². The van der Waals surface area contributed by atoms with Gasteiger partial charge in [-0.15, -0.1) is 0 Å². The Kier molecular flexibility index (Phi) is 24.1. The van der Waals surface area contributed by atoms with E-state index in [1.54, 1.807) is 0 Å². The topological polar surface area (TPSA) is 76.0 Å². The van der Waals surface area contributed by atoms with E-state index >= 15 is 0 Å². The molecule has 180 valence electrons. The summed E-state index contributed by atoms with van der Waals surface area (Å²) in [5.41, 5.74) is 0. The molecule has 0 heterocycles. The molecule has 0 amide bonds. The van der Waals surface area contributed by atoms with Crippen LogP contribution in [0, 0.1) is 0 Å². The summed E-state index contributed by atoms with van der Waals surface area (Å²) in [6, 6.07) is 0. The average molecular weight is 431 g/mol. The normalized spacial score (nSPS) is 12.2. The molecule has 5 heteroatoms. The van der Waals surface area contributed by atoms with E-state index in [1.807, 2.05) is 0 Å². The zero-order valence-corrected chi connectivity index (χ0v) is 19.8. The zero-order valence-electron chi connectivity index (χ0n) is 19.8. The Hall–Kier alpha value is -0.650. The van der Waals surface area contributed by atoms with Crippen LogP contribution in [0.2, 0.25) is 0 Å². The maximum absolute atomic E-state index is 11.4. The highest BCUT2D eigenvalue weighted by molar-refractivity contribution is 5.68. The van der Waals surface area contributed by atoms with Crippen LogP contribution >= 0.6 is 0 Å². The quantitative estimate of drug-likeness (QED) is 0.102. The van der Waals surface area contributed by atoms with Crippen molar-refractivity contribution < 1.29 is 24.8 Å². The minimum absolute atomic E-state index is 0.193. The third kappa shape index (κ3) is 23.6. The zero-order chi connectivity index (χ0) is 22.1. The van der Waals surface area contributed by atoms with Crippen LogP contribution in [0.3, 0.4) is 0 Å². The molecular formula is C25H50O5. The first-order chi connectivity index (χ1) is 14.7. The Morgan fingerprint density at radius 3 is 1.40 bits per heavy atom. The van der Waals surface area contributed by atoms with Gasteiger partial charge in [0, 0.05) is 6.42 Å². The number of carbonyl (C=O) groups excluding carboxylic acids is 1. The Morgan fingerprint density at radius 1 is 0.667 bits per heavy atom.